The Labute approximate surface area is 179 Å². The van der Waals surface area contributed by atoms with Crippen LogP contribution in [0.4, 0.5) is 15.1 Å². The lowest BCUT2D eigenvalue weighted by atomic mass is 9.95. The van der Waals surface area contributed by atoms with Crippen LogP contribution in [0, 0.1) is 5.82 Å². The van der Waals surface area contributed by atoms with E-state index >= 15 is 0 Å². The molecule has 0 bridgehead atoms. The van der Waals surface area contributed by atoms with E-state index < -0.39 is 0 Å². The highest BCUT2D eigenvalue weighted by molar-refractivity contribution is 7.17. The number of carbonyl (C=O) groups excluding carboxylic acids is 2. The number of hydrogen-bond donors (Lipinski definition) is 1. The zero-order valence-electron chi connectivity index (χ0n) is 17.1. The monoisotopic (exact) mass is 431 g/mol. The number of anilines is 2. The number of aryl methyl sites for hydroxylation is 1. The van der Waals surface area contributed by atoms with E-state index in [9.17, 15) is 14.0 Å². The van der Waals surface area contributed by atoms with Crippen LogP contribution in [-0.2, 0) is 22.4 Å². The van der Waals surface area contributed by atoms with Gasteiger partial charge in [0.1, 0.15) is 10.8 Å². The van der Waals surface area contributed by atoms with E-state index in [0.717, 1.165) is 63.1 Å². The number of benzene rings is 1. The van der Waals surface area contributed by atoms with Gasteiger partial charge >= 0.3 is 5.97 Å². The Kier molecular flexibility index (Phi) is 6.34. The molecule has 160 valence electrons. The van der Waals surface area contributed by atoms with Crippen molar-refractivity contribution in [3.05, 3.63) is 46.1 Å². The summed E-state index contributed by atoms with van der Waals surface area (Å²) in [4.78, 5) is 30.5. The average Bonchev–Trinajstić information content (AvgIpc) is 3.12. The van der Waals surface area contributed by atoms with Crippen LogP contribution in [0.25, 0.3) is 0 Å². The summed E-state index contributed by atoms with van der Waals surface area (Å²) >= 11 is 1.50. The van der Waals surface area contributed by atoms with E-state index in [4.69, 9.17) is 4.74 Å². The van der Waals surface area contributed by atoms with E-state index in [1.807, 2.05) is 0 Å². The summed E-state index contributed by atoms with van der Waals surface area (Å²) < 4.78 is 18.1. The van der Waals surface area contributed by atoms with Gasteiger partial charge in [0.2, 0.25) is 5.91 Å². The highest BCUT2D eigenvalue weighted by atomic mass is 32.1. The number of methoxy groups -OCH3 is 1. The fourth-order valence-corrected chi connectivity index (χ4v) is 5.45. The topological polar surface area (TPSA) is 61.9 Å². The van der Waals surface area contributed by atoms with Gasteiger partial charge in [0.05, 0.1) is 19.2 Å². The molecule has 2 aliphatic rings. The van der Waals surface area contributed by atoms with E-state index in [0.29, 0.717) is 10.6 Å². The predicted octanol–water partition coefficient (Wildman–Crippen LogP) is 3.31. The van der Waals surface area contributed by atoms with E-state index in [1.165, 1.54) is 35.5 Å². The summed E-state index contributed by atoms with van der Waals surface area (Å²) in [5.41, 5.74) is 2.57. The first-order valence-corrected chi connectivity index (χ1v) is 11.1. The van der Waals surface area contributed by atoms with Crippen molar-refractivity contribution in [3.8, 4) is 0 Å². The molecule has 1 aliphatic carbocycles. The number of amides is 1. The SMILES string of the molecule is COC(=O)c1c(NC(=O)CN2CCN(c3ccc(F)cc3)CC2)sc2c1CCCC2. The van der Waals surface area contributed by atoms with Crippen molar-refractivity contribution < 1.29 is 18.7 Å². The molecule has 0 saturated carbocycles. The highest BCUT2D eigenvalue weighted by Gasteiger charge is 2.27. The zero-order valence-corrected chi connectivity index (χ0v) is 17.9. The Morgan fingerprint density at radius 2 is 1.80 bits per heavy atom. The number of halogens is 1. The highest BCUT2D eigenvalue weighted by Crippen LogP contribution is 2.38. The third kappa shape index (κ3) is 4.49. The summed E-state index contributed by atoms with van der Waals surface area (Å²) in [7, 11) is 1.38. The summed E-state index contributed by atoms with van der Waals surface area (Å²) in [6.07, 6.45) is 3.97. The molecule has 8 heteroatoms. The molecule has 1 amide bonds. The molecule has 0 spiro atoms. The summed E-state index contributed by atoms with van der Waals surface area (Å²) in [6.45, 7) is 3.32. The first-order chi connectivity index (χ1) is 14.5. The quantitative estimate of drug-likeness (QED) is 0.736. The number of rotatable bonds is 5. The van der Waals surface area contributed by atoms with Crippen LogP contribution in [0.15, 0.2) is 24.3 Å². The summed E-state index contributed by atoms with van der Waals surface area (Å²) in [6, 6.07) is 6.50. The average molecular weight is 432 g/mol. The Hall–Kier alpha value is -2.45. The third-order valence-corrected chi connectivity index (χ3v) is 6.95. The molecule has 1 aromatic heterocycles. The number of nitrogens with one attached hydrogen (secondary N) is 1. The molecule has 6 nitrogen and oxygen atoms in total. The van der Waals surface area contributed by atoms with Crippen LogP contribution in [-0.4, -0.2) is 56.6 Å². The second-order valence-electron chi connectivity index (χ2n) is 7.69. The molecule has 1 aromatic carbocycles. The van der Waals surface area contributed by atoms with Gasteiger partial charge in [-0.1, -0.05) is 0 Å². The lowest BCUT2D eigenvalue weighted by Gasteiger charge is -2.35. The second kappa shape index (κ2) is 9.14. The molecule has 0 radical (unpaired) electrons. The molecule has 2 aromatic rings. The van der Waals surface area contributed by atoms with Gasteiger partial charge in [-0.2, -0.15) is 0 Å². The molecule has 0 atom stereocenters. The Morgan fingerprint density at radius 1 is 1.10 bits per heavy atom. The van der Waals surface area contributed by atoms with Crippen molar-refractivity contribution >= 4 is 33.9 Å². The van der Waals surface area contributed by atoms with E-state index in [1.54, 1.807) is 12.1 Å². The molecular formula is C22H26FN3O3S. The van der Waals surface area contributed by atoms with Gasteiger partial charge in [-0.3, -0.25) is 9.69 Å². The van der Waals surface area contributed by atoms with Crippen LogP contribution in [0.1, 0.15) is 33.6 Å². The van der Waals surface area contributed by atoms with Crippen LogP contribution in [0.2, 0.25) is 0 Å². The van der Waals surface area contributed by atoms with Gasteiger partial charge in [-0.25, -0.2) is 9.18 Å². The van der Waals surface area contributed by atoms with Gasteiger partial charge < -0.3 is 15.0 Å². The first-order valence-electron chi connectivity index (χ1n) is 10.3. The maximum atomic E-state index is 13.1. The van der Waals surface area contributed by atoms with E-state index in [-0.39, 0.29) is 24.2 Å². The van der Waals surface area contributed by atoms with E-state index in [2.05, 4.69) is 15.1 Å². The molecule has 1 aliphatic heterocycles. The van der Waals surface area contributed by atoms with Crippen molar-refractivity contribution in [2.24, 2.45) is 0 Å². The van der Waals surface area contributed by atoms with Crippen LogP contribution >= 0.6 is 11.3 Å². The van der Waals surface area contributed by atoms with Crippen molar-refractivity contribution in [2.45, 2.75) is 25.7 Å². The third-order valence-electron chi connectivity index (χ3n) is 5.75. The normalized spacial score (nSPS) is 16.8. The van der Waals surface area contributed by atoms with Gasteiger partial charge in [0, 0.05) is 36.7 Å². The molecule has 1 saturated heterocycles. The van der Waals surface area contributed by atoms with Crippen molar-refractivity contribution in [2.75, 3.05) is 50.1 Å². The molecule has 4 rings (SSSR count). The number of carbonyl (C=O) groups is 2. The molecule has 2 heterocycles. The van der Waals surface area contributed by atoms with Crippen molar-refractivity contribution in [1.82, 2.24) is 4.90 Å². The molecule has 1 fully saturated rings. The smallest absolute Gasteiger partial charge is 0.341 e. The van der Waals surface area contributed by atoms with Gasteiger partial charge in [-0.15, -0.1) is 11.3 Å². The minimum Gasteiger partial charge on any atom is -0.465 e. The van der Waals surface area contributed by atoms with Gasteiger partial charge in [-0.05, 0) is 55.5 Å². The lowest BCUT2D eigenvalue weighted by Crippen LogP contribution is -2.48. The van der Waals surface area contributed by atoms with Crippen LogP contribution < -0.4 is 10.2 Å². The van der Waals surface area contributed by atoms with Gasteiger partial charge in [0.15, 0.2) is 0 Å². The lowest BCUT2D eigenvalue weighted by molar-refractivity contribution is -0.117. The van der Waals surface area contributed by atoms with Crippen LogP contribution in [0.5, 0.6) is 0 Å². The number of hydrogen-bond acceptors (Lipinski definition) is 6. The fraction of sp³-hybridized carbons (Fsp3) is 0.455. The van der Waals surface area contributed by atoms with Gasteiger partial charge in [0.25, 0.3) is 0 Å². The minimum absolute atomic E-state index is 0.117. The zero-order chi connectivity index (χ0) is 21.1. The Bertz CT molecular complexity index is 920. The maximum Gasteiger partial charge on any atom is 0.341 e. The molecule has 0 unspecified atom stereocenters. The predicted molar refractivity (Wildman–Crippen MR) is 116 cm³/mol. The number of esters is 1. The maximum absolute atomic E-state index is 13.1. The summed E-state index contributed by atoms with van der Waals surface area (Å²) in [5, 5.41) is 3.58. The largest absolute Gasteiger partial charge is 0.465 e. The number of piperazine rings is 1. The standard InChI is InChI=1S/C22H26FN3O3S/c1-29-22(28)20-17-4-2-3-5-18(17)30-21(20)24-19(27)14-25-10-12-26(13-11-25)16-8-6-15(23)7-9-16/h6-9H,2-5,10-14H2,1H3,(H,24,27). The Morgan fingerprint density at radius 3 is 2.50 bits per heavy atom. The molecule has 30 heavy (non-hydrogen) atoms. The van der Waals surface area contributed by atoms with Crippen molar-refractivity contribution in [3.63, 3.8) is 0 Å². The number of ether oxygens (including phenoxy) is 1. The molecule has 1 N–H and O–H groups in total. The fourth-order valence-electron chi connectivity index (χ4n) is 4.16. The first kappa shape index (κ1) is 20.8. The number of thiophene rings is 1. The number of nitrogens with zero attached hydrogens (tertiary/aromatic N) is 2. The summed E-state index contributed by atoms with van der Waals surface area (Å²) in [5.74, 6) is -0.734. The van der Waals surface area contributed by atoms with Crippen molar-refractivity contribution in [1.29, 1.82) is 0 Å². The Balaban J connectivity index is 1.36. The van der Waals surface area contributed by atoms with Crippen LogP contribution in [0.3, 0.4) is 0 Å². The minimum atomic E-state index is -0.377. The number of fused-ring (bicyclic) bond motifs is 1. The molecular weight excluding hydrogens is 405 g/mol. The second-order valence-corrected chi connectivity index (χ2v) is 8.80.